The third kappa shape index (κ3) is 4.49. The van der Waals surface area contributed by atoms with Crippen LogP contribution in [-0.2, 0) is 27.6 Å². The van der Waals surface area contributed by atoms with Crippen molar-refractivity contribution in [2.24, 2.45) is 0 Å². The maximum absolute atomic E-state index is 13.3. The summed E-state index contributed by atoms with van der Waals surface area (Å²) in [5, 5.41) is 1.53. The lowest BCUT2D eigenvalue weighted by molar-refractivity contribution is -0.133. The largest absolute Gasteiger partial charge is 0.464 e. The number of furan rings is 1. The number of nitrogens with zero attached hydrogens (tertiary/aromatic N) is 1. The van der Waals surface area contributed by atoms with Crippen LogP contribution in [0, 0.1) is 6.92 Å². The Hall–Kier alpha value is -2.31. The normalized spacial score (nSPS) is 18.2. The zero-order valence-corrected chi connectivity index (χ0v) is 17.7. The lowest BCUT2D eigenvalue weighted by Gasteiger charge is -2.28. The van der Waals surface area contributed by atoms with Crippen molar-refractivity contribution in [3.63, 3.8) is 0 Å². The number of carbonyl (C=O) groups is 1. The third-order valence-corrected chi connectivity index (χ3v) is 7.39. The molecule has 1 fully saturated rings. The molecule has 7 heteroatoms. The lowest BCUT2D eigenvalue weighted by Crippen LogP contribution is -2.41. The van der Waals surface area contributed by atoms with Gasteiger partial charge in [-0.1, -0.05) is 35.9 Å². The monoisotopic (exact) mass is 431 g/mol. The summed E-state index contributed by atoms with van der Waals surface area (Å²) < 4.78 is 29.7. The Kier molecular flexibility index (Phi) is 5.40. The molecule has 1 saturated heterocycles. The number of carbonyl (C=O) groups excluding carboxylic acids is 1. The molecule has 4 rings (SSSR count). The van der Waals surface area contributed by atoms with Crippen molar-refractivity contribution >= 4 is 38.3 Å². The van der Waals surface area contributed by atoms with Gasteiger partial charge in [0.2, 0.25) is 5.91 Å². The number of benzene rings is 2. The summed E-state index contributed by atoms with van der Waals surface area (Å²) in [4.78, 5) is 14.9. The highest BCUT2D eigenvalue weighted by Gasteiger charge is 2.34. The van der Waals surface area contributed by atoms with Crippen LogP contribution >= 0.6 is 11.6 Å². The van der Waals surface area contributed by atoms with Crippen molar-refractivity contribution in [3.05, 3.63) is 70.4 Å². The summed E-state index contributed by atoms with van der Waals surface area (Å²) in [6.07, 6.45) is 2.25. The number of sulfone groups is 1. The van der Waals surface area contributed by atoms with E-state index in [9.17, 15) is 13.2 Å². The maximum atomic E-state index is 13.3. The van der Waals surface area contributed by atoms with Gasteiger partial charge in [-0.2, -0.15) is 0 Å². The number of rotatable bonds is 5. The van der Waals surface area contributed by atoms with Gasteiger partial charge in [-0.05, 0) is 42.7 Å². The van der Waals surface area contributed by atoms with Gasteiger partial charge >= 0.3 is 0 Å². The molecule has 0 spiro atoms. The SMILES string of the molecule is Cc1ccc2c(CC(=O)N(Cc3ccc(Cl)cc3)[C@@H]3CCS(=O)(=O)C3)coc2c1. The minimum absolute atomic E-state index is 0.0116. The Morgan fingerprint density at radius 1 is 1.21 bits per heavy atom. The Morgan fingerprint density at radius 3 is 2.66 bits per heavy atom. The molecule has 1 amide bonds. The predicted octanol–water partition coefficient (Wildman–Crippen LogP) is 4.15. The molecule has 0 bridgehead atoms. The number of amides is 1. The van der Waals surface area contributed by atoms with Crippen LogP contribution in [0.5, 0.6) is 0 Å². The highest BCUT2D eigenvalue weighted by Crippen LogP contribution is 2.26. The molecule has 1 aliphatic rings. The van der Waals surface area contributed by atoms with Crippen LogP contribution < -0.4 is 0 Å². The summed E-state index contributed by atoms with van der Waals surface area (Å²) in [5.41, 5.74) is 3.57. The van der Waals surface area contributed by atoms with Gasteiger partial charge < -0.3 is 9.32 Å². The van der Waals surface area contributed by atoms with E-state index in [4.69, 9.17) is 16.0 Å². The molecule has 2 heterocycles. The zero-order valence-electron chi connectivity index (χ0n) is 16.1. The predicted molar refractivity (Wildman–Crippen MR) is 114 cm³/mol. The summed E-state index contributed by atoms with van der Waals surface area (Å²) in [6.45, 7) is 2.34. The van der Waals surface area contributed by atoms with Gasteiger partial charge in [-0.3, -0.25) is 4.79 Å². The average Bonchev–Trinajstić information content (AvgIpc) is 3.23. The van der Waals surface area contributed by atoms with E-state index in [2.05, 4.69) is 0 Å². The Bertz CT molecular complexity index is 1150. The molecule has 1 atom stereocenters. The molecule has 0 saturated carbocycles. The van der Waals surface area contributed by atoms with Gasteiger partial charge in [-0.25, -0.2) is 8.42 Å². The first-order chi connectivity index (χ1) is 13.8. The van der Waals surface area contributed by atoms with Crippen molar-refractivity contribution in [2.45, 2.75) is 32.4 Å². The topological polar surface area (TPSA) is 67.6 Å². The van der Waals surface area contributed by atoms with Gasteiger partial charge in [0.1, 0.15) is 5.58 Å². The third-order valence-electron chi connectivity index (χ3n) is 5.39. The molecule has 3 aromatic rings. The van der Waals surface area contributed by atoms with Crippen LogP contribution in [0.2, 0.25) is 5.02 Å². The van der Waals surface area contributed by atoms with Crippen LogP contribution in [0.25, 0.3) is 11.0 Å². The quantitative estimate of drug-likeness (QED) is 0.608. The highest BCUT2D eigenvalue weighted by atomic mass is 35.5. The van der Waals surface area contributed by atoms with Crippen molar-refractivity contribution in [1.82, 2.24) is 4.90 Å². The fourth-order valence-electron chi connectivity index (χ4n) is 3.82. The first-order valence-electron chi connectivity index (χ1n) is 9.52. The van der Waals surface area contributed by atoms with Crippen molar-refractivity contribution in [2.75, 3.05) is 11.5 Å². The smallest absolute Gasteiger partial charge is 0.227 e. The second kappa shape index (κ2) is 7.84. The lowest BCUT2D eigenvalue weighted by atomic mass is 10.1. The molecule has 0 N–H and O–H groups in total. The van der Waals surface area contributed by atoms with Gasteiger partial charge in [0.15, 0.2) is 9.84 Å². The van der Waals surface area contributed by atoms with Crippen LogP contribution in [-0.4, -0.2) is 36.8 Å². The second-order valence-corrected chi connectivity index (χ2v) is 10.3. The number of hydrogen-bond acceptors (Lipinski definition) is 4. The fraction of sp³-hybridized carbons (Fsp3) is 0.318. The molecule has 0 radical (unpaired) electrons. The van der Waals surface area contributed by atoms with Crippen LogP contribution in [0.1, 0.15) is 23.1 Å². The molecular formula is C22H22ClNO4S. The Balaban J connectivity index is 1.60. The molecule has 0 aliphatic carbocycles. The van der Waals surface area contributed by atoms with E-state index in [0.717, 1.165) is 27.7 Å². The van der Waals surface area contributed by atoms with Crippen LogP contribution in [0.4, 0.5) is 0 Å². The van der Waals surface area contributed by atoms with E-state index in [1.807, 2.05) is 37.3 Å². The van der Waals surface area contributed by atoms with Gasteiger partial charge in [0.25, 0.3) is 0 Å². The van der Waals surface area contributed by atoms with E-state index in [1.165, 1.54) is 0 Å². The summed E-state index contributed by atoms with van der Waals surface area (Å²) in [5.74, 6) is 0.0264. The highest BCUT2D eigenvalue weighted by molar-refractivity contribution is 7.91. The zero-order chi connectivity index (χ0) is 20.6. The van der Waals surface area contributed by atoms with Crippen molar-refractivity contribution in [3.8, 4) is 0 Å². The van der Waals surface area contributed by atoms with E-state index in [1.54, 1.807) is 23.3 Å². The van der Waals surface area contributed by atoms with Gasteiger partial charge in [0, 0.05) is 28.6 Å². The van der Waals surface area contributed by atoms with E-state index in [0.29, 0.717) is 18.0 Å². The van der Waals surface area contributed by atoms with E-state index >= 15 is 0 Å². The standard InChI is InChI=1S/C22H22ClNO4S/c1-15-2-7-20-17(13-28-21(20)10-15)11-22(25)24(19-8-9-29(26,27)14-19)12-16-3-5-18(23)6-4-16/h2-7,10,13,19H,8-9,11-12,14H2,1H3/t19-/m1/s1. The minimum atomic E-state index is -3.11. The molecule has 0 unspecified atom stereocenters. The number of fused-ring (bicyclic) bond motifs is 1. The van der Waals surface area contributed by atoms with Crippen molar-refractivity contribution in [1.29, 1.82) is 0 Å². The Labute approximate surface area is 175 Å². The summed E-state index contributed by atoms with van der Waals surface area (Å²) >= 11 is 5.97. The summed E-state index contributed by atoms with van der Waals surface area (Å²) in [6, 6.07) is 12.8. The maximum Gasteiger partial charge on any atom is 0.227 e. The number of halogens is 1. The van der Waals surface area contributed by atoms with Crippen LogP contribution in [0.3, 0.4) is 0 Å². The molecule has 2 aromatic carbocycles. The van der Waals surface area contributed by atoms with Gasteiger partial charge in [-0.15, -0.1) is 0 Å². The van der Waals surface area contributed by atoms with Crippen LogP contribution in [0.15, 0.2) is 53.1 Å². The number of aryl methyl sites for hydroxylation is 1. The first-order valence-corrected chi connectivity index (χ1v) is 11.7. The Morgan fingerprint density at radius 2 is 1.97 bits per heavy atom. The molecule has 1 aromatic heterocycles. The molecule has 1 aliphatic heterocycles. The molecular weight excluding hydrogens is 410 g/mol. The van der Waals surface area contributed by atoms with Gasteiger partial charge in [0.05, 0.1) is 24.2 Å². The minimum Gasteiger partial charge on any atom is -0.464 e. The van der Waals surface area contributed by atoms with Crippen molar-refractivity contribution < 1.29 is 17.6 Å². The first kappa shape index (κ1) is 20.0. The molecule has 29 heavy (non-hydrogen) atoms. The van der Waals surface area contributed by atoms with E-state index in [-0.39, 0.29) is 29.9 Å². The average molecular weight is 432 g/mol. The fourth-order valence-corrected chi connectivity index (χ4v) is 5.68. The molecule has 152 valence electrons. The summed E-state index contributed by atoms with van der Waals surface area (Å²) in [7, 11) is -3.11. The van der Waals surface area contributed by atoms with E-state index < -0.39 is 9.84 Å². The second-order valence-electron chi connectivity index (χ2n) is 7.64. The number of hydrogen-bond donors (Lipinski definition) is 0. The molecule has 5 nitrogen and oxygen atoms in total.